The van der Waals surface area contributed by atoms with Gasteiger partial charge in [-0.2, -0.15) is 5.10 Å². The fourth-order valence-corrected chi connectivity index (χ4v) is 3.69. The number of Topliss-reactive ketones (excluding diaryl/α,β-unsaturated/α-hetero) is 1. The second-order valence-electron chi connectivity index (χ2n) is 7.70. The molecule has 1 atom stereocenters. The van der Waals surface area contributed by atoms with Gasteiger partial charge in [-0.25, -0.2) is 9.50 Å². The number of aromatic nitrogens is 3. The van der Waals surface area contributed by atoms with Gasteiger partial charge in [0.05, 0.1) is 23.6 Å². The van der Waals surface area contributed by atoms with Gasteiger partial charge in [-0.05, 0) is 24.7 Å². The van der Waals surface area contributed by atoms with Crippen molar-refractivity contribution in [1.29, 1.82) is 0 Å². The smallest absolute Gasteiger partial charge is 0.256 e. The summed E-state index contributed by atoms with van der Waals surface area (Å²) < 4.78 is 7.18. The molecule has 0 spiro atoms. The van der Waals surface area contributed by atoms with Gasteiger partial charge in [0.15, 0.2) is 11.4 Å². The number of carbonyl (C=O) groups excluding carboxylic acids is 2. The van der Waals surface area contributed by atoms with E-state index >= 15 is 0 Å². The van der Waals surface area contributed by atoms with E-state index in [2.05, 4.69) is 29.2 Å². The molecule has 1 unspecified atom stereocenters. The number of hydrogen-bond acceptors (Lipinski definition) is 5. The first-order valence-corrected chi connectivity index (χ1v) is 8.73. The number of ketones is 1. The minimum Gasteiger partial charge on any atom is -0.376 e. The summed E-state index contributed by atoms with van der Waals surface area (Å²) in [5.74, 6) is -0.125. The van der Waals surface area contributed by atoms with E-state index in [1.54, 1.807) is 10.7 Å². The molecular weight excluding hydrogens is 320 g/mol. The number of hydrogen-bond donors (Lipinski definition) is 1. The highest BCUT2D eigenvalue weighted by atomic mass is 16.5. The maximum absolute atomic E-state index is 12.5. The van der Waals surface area contributed by atoms with Crippen LogP contribution in [0.3, 0.4) is 0 Å². The van der Waals surface area contributed by atoms with E-state index in [1.807, 2.05) is 0 Å². The Bertz CT molecular complexity index is 849. The third-order valence-electron chi connectivity index (χ3n) is 4.97. The molecule has 1 amide bonds. The Kier molecular flexibility index (Phi) is 3.83. The molecule has 3 heterocycles. The van der Waals surface area contributed by atoms with Crippen molar-refractivity contribution in [3.05, 3.63) is 29.2 Å². The molecule has 0 bridgehead atoms. The lowest BCUT2D eigenvalue weighted by molar-refractivity contribution is 0.0858. The van der Waals surface area contributed by atoms with Crippen molar-refractivity contribution in [2.24, 2.45) is 5.41 Å². The van der Waals surface area contributed by atoms with Crippen molar-refractivity contribution in [2.75, 3.05) is 13.2 Å². The van der Waals surface area contributed by atoms with Crippen molar-refractivity contribution >= 4 is 17.3 Å². The van der Waals surface area contributed by atoms with Crippen LogP contribution in [0.2, 0.25) is 0 Å². The lowest BCUT2D eigenvalue weighted by Crippen LogP contribution is -2.32. The molecule has 0 aromatic carbocycles. The summed E-state index contributed by atoms with van der Waals surface area (Å²) in [6.07, 6.45) is 6.44. The van der Waals surface area contributed by atoms with Gasteiger partial charge in [-0.3, -0.25) is 9.59 Å². The van der Waals surface area contributed by atoms with Gasteiger partial charge >= 0.3 is 0 Å². The Morgan fingerprint density at radius 3 is 3.00 bits per heavy atom. The number of nitrogens with one attached hydrogen (secondary N) is 1. The number of ether oxygens (including phenoxy) is 1. The van der Waals surface area contributed by atoms with Gasteiger partial charge < -0.3 is 10.1 Å². The Hall–Kier alpha value is -2.28. The maximum atomic E-state index is 12.5. The molecule has 2 aromatic rings. The first kappa shape index (κ1) is 16.2. The molecule has 2 aromatic heterocycles. The van der Waals surface area contributed by atoms with Crippen LogP contribution in [0.4, 0.5) is 0 Å². The Labute approximate surface area is 145 Å². The van der Waals surface area contributed by atoms with E-state index in [0.717, 1.165) is 31.6 Å². The Balaban J connectivity index is 1.64. The van der Waals surface area contributed by atoms with Gasteiger partial charge in [-0.15, -0.1) is 0 Å². The second-order valence-corrected chi connectivity index (χ2v) is 7.70. The van der Waals surface area contributed by atoms with Crippen LogP contribution in [-0.4, -0.2) is 45.5 Å². The third kappa shape index (κ3) is 2.93. The first-order valence-electron chi connectivity index (χ1n) is 8.73. The topological polar surface area (TPSA) is 85.6 Å². The second kappa shape index (κ2) is 5.91. The summed E-state index contributed by atoms with van der Waals surface area (Å²) in [5.41, 5.74) is 2.25. The normalized spacial score (nSPS) is 22.2. The van der Waals surface area contributed by atoms with Gasteiger partial charge in [0, 0.05) is 25.8 Å². The number of nitrogens with zero attached hydrogens (tertiary/aromatic N) is 3. The van der Waals surface area contributed by atoms with Crippen molar-refractivity contribution < 1.29 is 14.3 Å². The zero-order chi connectivity index (χ0) is 17.6. The van der Waals surface area contributed by atoms with Crippen LogP contribution in [0.5, 0.6) is 0 Å². The molecule has 7 nitrogen and oxygen atoms in total. The highest BCUT2D eigenvalue weighted by Gasteiger charge is 2.33. The summed E-state index contributed by atoms with van der Waals surface area (Å²) in [4.78, 5) is 29.2. The largest absolute Gasteiger partial charge is 0.376 e. The van der Waals surface area contributed by atoms with Crippen molar-refractivity contribution in [3.63, 3.8) is 0 Å². The van der Waals surface area contributed by atoms with Crippen LogP contribution in [0.15, 0.2) is 12.4 Å². The molecule has 25 heavy (non-hydrogen) atoms. The SMILES string of the molecule is CC1(C)CC(=O)c2cnc3c(C(=O)NCC4CCCO4)cnn3c2C1. The van der Waals surface area contributed by atoms with Crippen LogP contribution in [0.1, 0.15) is 59.5 Å². The molecule has 1 N–H and O–H groups in total. The molecular formula is C18H22N4O3. The van der Waals surface area contributed by atoms with Crippen LogP contribution >= 0.6 is 0 Å². The fourth-order valence-electron chi connectivity index (χ4n) is 3.69. The van der Waals surface area contributed by atoms with E-state index in [9.17, 15) is 9.59 Å². The zero-order valence-corrected chi connectivity index (χ0v) is 14.5. The third-order valence-corrected chi connectivity index (χ3v) is 4.97. The van der Waals surface area contributed by atoms with Crippen LogP contribution < -0.4 is 5.32 Å². The van der Waals surface area contributed by atoms with Gasteiger partial charge in [0.2, 0.25) is 0 Å². The maximum Gasteiger partial charge on any atom is 0.256 e. The average molecular weight is 342 g/mol. The quantitative estimate of drug-likeness (QED) is 0.919. The van der Waals surface area contributed by atoms with Gasteiger partial charge in [-0.1, -0.05) is 13.8 Å². The number of rotatable bonds is 3. The van der Waals surface area contributed by atoms with Gasteiger partial charge in [0.1, 0.15) is 5.56 Å². The highest BCUT2D eigenvalue weighted by Crippen LogP contribution is 2.34. The fraction of sp³-hybridized carbons (Fsp3) is 0.556. The molecule has 132 valence electrons. The molecule has 2 aliphatic rings. The van der Waals surface area contributed by atoms with Crippen LogP contribution in [0.25, 0.3) is 5.65 Å². The van der Waals surface area contributed by atoms with E-state index in [0.29, 0.717) is 29.7 Å². The minimum atomic E-state index is -0.209. The molecule has 0 radical (unpaired) electrons. The molecule has 1 saturated heterocycles. The van der Waals surface area contributed by atoms with Crippen molar-refractivity contribution in [3.8, 4) is 0 Å². The first-order chi connectivity index (χ1) is 11.9. The van der Waals surface area contributed by atoms with E-state index in [4.69, 9.17) is 4.74 Å². The van der Waals surface area contributed by atoms with Crippen molar-refractivity contribution in [2.45, 2.75) is 45.6 Å². The predicted octanol–water partition coefficient (Wildman–Crippen LogP) is 1.79. The predicted molar refractivity (Wildman–Crippen MR) is 90.7 cm³/mol. The molecule has 4 rings (SSSR count). The lowest BCUT2D eigenvalue weighted by atomic mass is 9.76. The van der Waals surface area contributed by atoms with E-state index < -0.39 is 0 Å². The molecule has 0 saturated carbocycles. The highest BCUT2D eigenvalue weighted by molar-refractivity contribution is 6.01. The molecule has 1 fully saturated rings. The van der Waals surface area contributed by atoms with Crippen molar-refractivity contribution in [1.82, 2.24) is 19.9 Å². The van der Waals surface area contributed by atoms with Crippen LogP contribution in [-0.2, 0) is 11.2 Å². The summed E-state index contributed by atoms with van der Waals surface area (Å²) in [6.45, 7) is 5.39. The summed E-state index contributed by atoms with van der Waals surface area (Å²) in [7, 11) is 0. The minimum absolute atomic E-state index is 0.0838. The van der Waals surface area contributed by atoms with E-state index in [1.165, 1.54) is 6.20 Å². The molecule has 1 aliphatic carbocycles. The average Bonchev–Trinajstić information content (AvgIpc) is 3.21. The summed E-state index contributed by atoms with van der Waals surface area (Å²) >= 11 is 0. The lowest BCUT2D eigenvalue weighted by Gasteiger charge is -2.29. The standard InChI is InChI=1S/C18H22N4O3/c1-18(2)6-14-12(15(23)7-18)9-19-16-13(10-21-22(14)16)17(24)20-8-11-4-3-5-25-11/h9-11H,3-8H2,1-2H3,(H,20,24). The number of amides is 1. The Morgan fingerprint density at radius 1 is 1.40 bits per heavy atom. The van der Waals surface area contributed by atoms with Gasteiger partial charge in [0.25, 0.3) is 5.91 Å². The van der Waals surface area contributed by atoms with E-state index in [-0.39, 0.29) is 23.2 Å². The Morgan fingerprint density at radius 2 is 2.24 bits per heavy atom. The molecule has 1 aliphatic heterocycles. The monoisotopic (exact) mass is 342 g/mol. The number of fused-ring (bicyclic) bond motifs is 3. The van der Waals surface area contributed by atoms with Crippen LogP contribution in [0, 0.1) is 5.41 Å². The summed E-state index contributed by atoms with van der Waals surface area (Å²) in [6, 6.07) is 0. The molecule has 7 heteroatoms. The summed E-state index contributed by atoms with van der Waals surface area (Å²) in [5, 5.41) is 7.24. The number of carbonyl (C=O) groups is 2. The zero-order valence-electron chi connectivity index (χ0n) is 14.5.